The predicted molar refractivity (Wildman–Crippen MR) is 58.5 cm³/mol. The number of hydrogen-bond acceptors (Lipinski definition) is 2. The molecule has 86 valence electrons. The van der Waals surface area contributed by atoms with Gasteiger partial charge in [-0.1, -0.05) is 25.7 Å². The van der Waals surface area contributed by atoms with Crippen LogP contribution in [0.15, 0.2) is 0 Å². The summed E-state index contributed by atoms with van der Waals surface area (Å²) in [4.78, 5) is 11.0. The van der Waals surface area contributed by atoms with E-state index in [1.807, 2.05) is 0 Å². The van der Waals surface area contributed by atoms with Crippen LogP contribution < -0.4 is 5.73 Å². The van der Waals surface area contributed by atoms with Crippen LogP contribution in [0, 0.1) is 11.3 Å². The van der Waals surface area contributed by atoms with Crippen molar-refractivity contribution in [3.8, 4) is 0 Å². The Morgan fingerprint density at radius 2 is 1.73 bits per heavy atom. The van der Waals surface area contributed by atoms with Crippen molar-refractivity contribution < 1.29 is 9.90 Å². The van der Waals surface area contributed by atoms with Gasteiger partial charge in [0.1, 0.15) is 6.04 Å². The van der Waals surface area contributed by atoms with Crippen molar-refractivity contribution in [2.75, 3.05) is 0 Å². The van der Waals surface area contributed by atoms with Gasteiger partial charge in [-0.2, -0.15) is 0 Å². The number of hydrogen-bond donors (Lipinski definition) is 2. The Labute approximate surface area is 91.0 Å². The molecule has 15 heavy (non-hydrogen) atoms. The summed E-state index contributed by atoms with van der Waals surface area (Å²) in [5.41, 5.74) is 5.81. The van der Waals surface area contributed by atoms with Crippen LogP contribution >= 0.6 is 0 Å². The van der Waals surface area contributed by atoms with E-state index in [2.05, 4.69) is 0 Å². The third-order valence-electron chi connectivity index (χ3n) is 4.38. The minimum Gasteiger partial charge on any atom is -0.480 e. The van der Waals surface area contributed by atoms with Gasteiger partial charge in [0.15, 0.2) is 0 Å². The van der Waals surface area contributed by atoms with Crippen molar-refractivity contribution in [2.45, 2.75) is 57.4 Å². The van der Waals surface area contributed by atoms with Crippen molar-refractivity contribution >= 4 is 5.97 Å². The van der Waals surface area contributed by atoms with Crippen molar-refractivity contribution in [3.05, 3.63) is 0 Å². The number of rotatable bonds is 3. The van der Waals surface area contributed by atoms with Crippen LogP contribution in [-0.4, -0.2) is 17.1 Å². The first-order valence-electron chi connectivity index (χ1n) is 6.15. The van der Waals surface area contributed by atoms with Gasteiger partial charge < -0.3 is 10.8 Å². The predicted octanol–water partition coefficient (Wildman–Crippen LogP) is 2.15. The molecule has 1 atom stereocenters. The molecule has 2 fully saturated rings. The molecule has 1 unspecified atom stereocenters. The van der Waals surface area contributed by atoms with Crippen LogP contribution in [0.1, 0.15) is 51.4 Å². The second kappa shape index (κ2) is 4.12. The molecule has 0 amide bonds. The third kappa shape index (κ3) is 2.03. The summed E-state index contributed by atoms with van der Waals surface area (Å²) in [5, 5.41) is 9.03. The molecule has 0 aromatic rings. The van der Waals surface area contributed by atoms with E-state index in [0.717, 1.165) is 12.8 Å². The second-order valence-electron chi connectivity index (χ2n) is 5.24. The molecule has 0 aromatic heterocycles. The maximum Gasteiger partial charge on any atom is 0.321 e. The lowest BCUT2D eigenvalue weighted by Crippen LogP contribution is -2.43. The number of carbonyl (C=O) groups is 1. The summed E-state index contributed by atoms with van der Waals surface area (Å²) in [7, 11) is 0. The molecule has 0 bridgehead atoms. The van der Waals surface area contributed by atoms with Gasteiger partial charge in [-0.25, -0.2) is 0 Å². The topological polar surface area (TPSA) is 63.3 Å². The van der Waals surface area contributed by atoms with Gasteiger partial charge in [0, 0.05) is 0 Å². The lowest BCUT2D eigenvalue weighted by atomic mass is 9.78. The molecular formula is C12H21NO2. The molecule has 2 rings (SSSR count). The summed E-state index contributed by atoms with van der Waals surface area (Å²) in [6.07, 6.45) is 9.61. The fraction of sp³-hybridized carbons (Fsp3) is 0.917. The first-order valence-corrected chi connectivity index (χ1v) is 6.15. The number of carboxylic acid groups (broad SMARTS) is 1. The quantitative estimate of drug-likeness (QED) is 0.703. The number of aliphatic carboxylic acids is 1. The molecule has 2 aliphatic carbocycles. The first-order chi connectivity index (χ1) is 7.17. The summed E-state index contributed by atoms with van der Waals surface area (Å²) in [5.74, 6) is -0.233. The molecule has 3 heteroatoms. The van der Waals surface area contributed by atoms with Gasteiger partial charge in [-0.05, 0) is 37.0 Å². The lowest BCUT2D eigenvalue weighted by molar-refractivity contribution is -0.141. The van der Waals surface area contributed by atoms with Crippen molar-refractivity contribution in [2.24, 2.45) is 17.1 Å². The highest BCUT2D eigenvalue weighted by molar-refractivity contribution is 5.75. The zero-order valence-corrected chi connectivity index (χ0v) is 9.24. The molecule has 2 saturated carbocycles. The molecule has 0 aromatic carbocycles. The molecule has 3 N–H and O–H groups in total. The fourth-order valence-corrected chi connectivity index (χ4v) is 3.22. The van der Waals surface area contributed by atoms with Crippen LogP contribution in [-0.2, 0) is 4.79 Å². The Bertz CT molecular complexity index is 240. The van der Waals surface area contributed by atoms with Crippen LogP contribution in [0.4, 0.5) is 0 Å². The lowest BCUT2D eigenvalue weighted by Gasteiger charge is -2.29. The van der Waals surface area contributed by atoms with Crippen molar-refractivity contribution in [1.82, 2.24) is 0 Å². The van der Waals surface area contributed by atoms with Crippen LogP contribution in [0.2, 0.25) is 0 Å². The normalized spacial score (nSPS) is 28.1. The van der Waals surface area contributed by atoms with Gasteiger partial charge in [0.05, 0.1) is 0 Å². The Balaban J connectivity index is 2.04. The third-order valence-corrected chi connectivity index (χ3v) is 4.38. The first kappa shape index (κ1) is 10.9. The van der Waals surface area contributed by atoms with Crippen LogP contribution in [0.3, 0.4) is 0 Å². The van der Waals surface area contributed by atoms with E-state index < -0.39 is 12.0 Å². The summed E-state index contributed by atoms with van der Waals surface area (Å²) < 4.78 is 0. The maximum atomic E-state index is 11.0. The SMILES string of the molecule is NC(C(=O)O)C1(C2CCCCCC2)CC1. The molecule has 0 aliphatic heterocycles. The molecule has 0 spiro atoms. The smallest absolute Gasteiger partial charge is 0.321 e. The Morgan fingerprint density at radius 3 is 2.13 bits per heavy atom. The standard InChI is InChI=1S/C12H21NO2/c13-10(11(14)15)12(7-8-12)9-5-3-1-2-4-6-9/h9-10H,1-8,13H2,(H,14,15). The Hall–Kier alpha value is -0.570. The molecule has 0 radical (unpaired) electrons. The average molecular weight is 211 g/mol. The van der Waals surface area contributed by atoms with Gasteiger partial charge in [0.2, 0.25) is 0 Å². The minimum atomic E-state index is -0.809. The second-order valence-corrected chi connectivity index (χ2v) is 5.24. The highest BCUT2D eigenvalue weighted by Gasteiger charge is 2.55. The molecule has 2 aliphatic rings. The number of carboxylic acids is 1. The van der Waals surface area contributed by atoms with Gasteiger partial charge >= 0.3 is 5.97 Å². The van der Waals surface area contributed by atoms with Crippen molar-refractivity contribution in [3.63, 3.8) is 0 Å². The fourth-order valence-electron chi connectivity index (χ4n) is 3.22. The van der Waals surface area contributed by atoms with E-state index >= 15 is 0 Å². The van der Waals surface area contributed by atoms with E-state index in [-0.39, 0.29) is 5.41 Å². The van der Waals surface area contributed by atoms with E-state index in [9.17, 15) is 4.79 Å². The van der Waals surface area contributed by atoms with Gasteiger partial charge in [0.25, 0.3) is 0 Å². The van der Waals surface area contributed by atoms with Crippen LogP contribution in [0.25, 0.3) is 0 Å². The molecule has 0 saturated heterocycles. The Kier molecular flexibility index (Phi) is 3.01. The zero-order chi connectivity index (χ0) is 10.9. The highest BCUT2D eigenvalue weighted by atomic mass is 16.4. The van der Waals surface area contributed by atoms with Crippen LogP contribution in [0.5, 0.6) is 0 Å². The van der Waals surface area contributed by atoms with E-state index in [1.54, 1.807) is 0 Å². The molecule has 3 nitrogen and oxygen atoms in total. The highest BCUT2D eigenvalue weighted by Crippen LogP contribution is 2.57. The summed E-state index contributed by atoms with van der Waals surface area (Å²) in [6.45, 7) is 0. The summed E-state index contributed by atoms with van der Waals surface area (Å²) in [6, 6.07) is -0.624. The van der Waals surface area contributed by atoms with Crippen molar-refractivity contribution in [1.29, 1.82) is 0 Å². The minimum absolute atomic E-state index is 0.0316. The number of nitrogens with two attached hydrogens (primary N) is 1. The van der Waals surface area contributed by atoms with Gasteiger partial charge in [-0.3, -0.25) is 4.79 Å². The van der Waals surface area contributed by atoms with E-state index in [4.69, 9.17) is 10.8 Å². The summed E-state index contributed by atoms with van der Waals surface area (Å²) >= 11 is 0. The molecule has 0 heterocycles. The zero-order valence-electron chi connectivity index (χ0n) is 9.24. The maximum absolute atomic E-state index is 11.0. The average Bonchev–Trinajstić information content (AvgIpc) is 3.01. The molecular weight excluding hydrogens is 190 g/mol. The van der Waals surface area contributed by atoms with E-state index in [0.29, 0.717) is 5.92 Å². The largest absolute Gasteiger partial charge is 0.480 e. The Morgan fingerprint density at radius 1 is 1.20 bits per heavy atom. The monoisotopic (exact) mass is 211 g/mol. The van der Waals surface area contributed by atoms with Gasteiger partial charge in [-0.15, -0.1) is 0 Å². The van der Waals surface area contributed by atoms with E-state index in [1.165, 1.54) is 38.5 Å².